The molecule has 0 atom stereocenters. The van der Waals surface area contributed by atoms with E-state index in [4.69, 9.17) is 20.0 Å². The largest absolute Gasteiger partial charge is 0.320 e. The number of nitrogens with zero attached hydrogens (tertiary/aromatic N) is 8. The molecule has 10 nitrogen and oxygen atoms in total. The molecule has 1 aromatic carbocycles. The Hall–Kier alpha value is -7.33. The quantitative estimate of drug-likeness (QED) is 0.162. The molecule has 8 bridgehead atoms. The fraction of sp³-hybridized carbons (Fsp3) is 0. The zero-order valence-corrected chi connectivity index (χ0v) is 26.8. The van der Waals surface area contributed by atoms with Crippen molar-refractivity contribution in [3.63, 3.8) is 0 Å². The second kappa shape index (κ2) is 12.3. The van der Waals surface area contributed by atoms with Crippen LogP contribution >= 0.6 is 0 Å². The van der Waals surface area contributed by atoms with E-state index in [1.54, 1.807) is 49.3 Å². The summed E-state index contributed by atoms with van der Waals surface area (Å²) >= 11 is 0. The van der Waals surface area contributed by atoms with Gasteiger partial charge in [-0.2, -0.15) is 0 Å². The lowest BCUT2D eigenvalue weighted by atomic mass is 9.97. The van der Waals surface area contributed by atoms with Gasteiger partial charge < -0.3 is 0 Å². The van der Waals surface area contributed by atoms with Crippen LogP contribution in [0.4, 0.5) is 0 Å². The van der Waals surface area contributed by atoms with Crippen LogP contribution in [0.3, 0.4) is 0 Å². The molecule has 0 amide bonds. The number of aromatic nitrogens is 3. The van der Waals surface area contributed by atoms with Gasteiger partial charge in [0.2, 0.25) is 0 Å². The van der Waals surface area contributed by atoms with Crippen LogP contribution in [0, 0.1) is 10.1 Å². The molecule has 0 radical (unpaired) electrons. The average Bonchev–Trinajstić information content (AvgIpc) is 4.00. The van der Waals surface area contributed by atoms with Gasteiger partial charge in [0, 0.05) is 59.5 Å². The molecule has 0 saturated heterocycles. The van der Waals surface area contributed by atoms with Gasteiger partial charge in [-0.3, -0.25) is 25.1 Å². The van der Waals surface area contributed by atoms with Crippen molar-refractivity contribution in [1.29, 1.82) is 0 Å². The highest BCUT2D eigenvalue weighted by molar-refractivity contribution is 6.40. The molecule has 0 aliphatic carbocycles. The molecule has 51 heavy (non-hydrogen) atoms. The molecule has 5 aliphatic rings. The Kier molecular flexibility index (Phi) is 7.17. The highest BCUT2D eigenvalue weighted by atomic mass is 16.6. The van der Waals surface area contributed by atoms with Crippen molar-refractivity contribution in [3.05, 3.63) is 207 Å². The summed E-state index contributed by atoms with van der Waals surface area (Å²) < 4.78 is 0. The minimum Gasteiger partial charge on any atom is -0.265 e. The Balaban J connectivity index is 1.40. The van der Waals surface area contributed by atoms with Crippen molar-refractivity contribution in [2.24, 2.45) is 20.0 Å². The smallest absolute Gasteiger partial charge is 0.265 e. The van der Waals surface area contributed by atoms with E-state index in [0.29, 0.717) is 50.9 Å². The van der Waals surface area contributed by atoms with Crippen molar-refractivity contribution in [3.8, 4) is 0 Å². The summed E-state index contributed by atoms with van der Waals surface area (Å²) in [6, 6.07) is 21.0. The Morgan fingerprint density at radius 3 is 1.35 bits per heavy atom. The van der Waals surface area contributed by atoms with Crippen molar-refractivity contribution in [2.45, 2.75) is 0 Å². The Labute approximate surface area is 291 Å². The molecule has 0 saturated carbocycles. The Morgan fingerprint density at radius 2 is 0.882 bits per heavy atom. The lowest BCUT2D eigenvalue weighted by molar-refractivity contribution is -0.415. The normalized spacial score (nSPS) is 17.6. The molecule has 4 aromatic rings. The summed E-state index contributed by atoms with van der Waals surface area (Å²) in [5.41, 5.74) is 10.1. The van der Waals surface area contributed by atoms with Gasteiger partial charge in [0.1, 0.15) is 5.70 Å². The molecule has 9 rings (SSSR count). The topological polar surface area (TPSA) is 131 Å². The maximum atomic E-state index is 13.1. The highest BCUT2D eigenvalue weighted by Crippen LogP contribution is 2.39. The number of hydrogen-bond acceptors (Lipinski definition) is 9. The highest BCUT2D eigenvalue weighted by Gasteiger charge is 2.35. The first kappa shape index (κ1) is 29.8. The van der Waals surface area contributed by atoms with Crippen molar-refractivity contribution in [1.82, 2.24) is 15.0 Å². The molecule has 5 aliphatic heterocycles. The molecule has 240 valence electrons. The first-order valence-corrected chi connectivity index (χ1v) is 16.1. The van der Waals surface area contributed by atoms with E-state index in [1.807, 2.05) is 97.1 Å². The third-order valence-electron chi connectivity index (χ3n) is 8.87. The van der Waals surface area contributed by atoms with Crippen molar-refractivity contribution < 1.29 is 4.92 Å². The minimum absolute atomic E-state index is 0.186. The summed E-state index contributed by atoms with van der Waals surface area (Å²) in [6.45, 7) is 0. The van der Waals surface area contributed by atoms with E-state index in [0.717, 1.165) is 27.8 Å². The first-order chi connectivity index (χ1) is 25.1. The maximum Gasteiger partial charge on any atom is 0.320 e. The van der Waals surface area contributed by atoms with Gasteiger partial charge in [0.15, 0.2) is 5.71 Å². The zero-order chi connectivity index (χ0) is 34.3. The van der Waals surface area contributed by atoms with E-state index in [-0.39, 0.29) is 17.1 Å². The second-order valence-electron chi connectivity index (χ2n) is 11.9. The van der Waals surface area contributed by atoms with Gasteiger partial charge >= 0.3 is 5.70 Å². The second-order valence-corrected chi connectivity index (χ2v) is 11.9. The number of rotatable bonds is 5. The van der Waals surface area contributed by atoms with E-state index in [2.05, 4.69) is 15.0 Å². The summed E-state index contributed by atoms with van der Waals surface area (Å²) in [7, 11) is 0. The van der Waals surface area contributed by atoms with Gasteiger partial charge in [0.25, 0.3) is 0 Å². The molecule has 0 fully saturated rings. The third-order valence-corrected chi connectivity index (χ3v) is 8.87. The molecule has 3 aromatic heterocycles. The van der Waals surface area contributed by atoms with Crippen LogP contribution in [0.25, 0.3) is 22.3 Å². The minimum atomic E-state index is -0.403. The average molecular weight is 661 g/mol. The molecule has 8 heterocycles. The maximum absolute atomic E-state index is 13.1. The van der Waals surface area contributed by atoms with Crippen LogP contribution in [0.5, 0.6) is 0 Å². The molecule has 0 spiro atoms. The Bertz CT molecular complexity index is 2550. The number of fused-ring (bicyclic) bond motifs is 4. The summed E-state index contributed by atoms with van der Waals surface area (Å²) in [5.74, 6) is 0. The van der Waals surface area contributed by atoms with Crippen LogP contribution < -0.4 is 0 Å². The molecular weight excluding hydrogens is 637 g/mol. The van der Waals surface area contributed by atoms with E-state index in [9.17, 15) is 10.1 Å². The molecule has 10 heteroatoms. The predicted molar refractivity (Wildman–Crippen MR) is 199 cm³/mol. The van der Waals surface area contributed by atoms with Crippen LogP contribution in [-0.4, -0.2) is 42.7 Å². The zero-order valence-electron chi connectivity index (χ0n) is 26.8. The fourth-order valence-corrected chi connectivity index (χ4v) is 6.62. The number of nitro groups is 1. The number of aliphatic imine (C=N–C) groups is 4. The standard InChI is InChI=1S/C41H24N8O2/c50-49(51)41-35-11-10-33(47-35)38(27-14-20-43-21-15-27)32-7-6-30(45-32)37(26-12-18-42-19-13-26)31-8-9-34(46-31)39(28-16-22-44-23-17-28)36-24-29(40(41)48-36)25-4-2-1-3-5-25/h1-24H. The van der Waals surface area contributed by atoms with Crippen LogP contribution in [-0.2, 0) is 0 Å². The lowest BCUT2D eigenvalue weighted by Gasteiger charge is -2.11. The SMILES string of the molecule is O=[N+]([O-])C1=C2C=CC(=N2)C(c2ccncc2)=C2C=CC(=N2)C(c2ccncc2)=C2C=CC(=N2)C(c2ccncc2)=C2C=C(c3ccccc3)C1=N2. The van der Waals surface area contributed by atoms with Crippen LogP contribution in [0.2, 0.25) is 0 Å². The lowest BCUT2D eigenvalue weighted by Crippen LogP contribution is -2.14. The van der Waals surface area contributed by atoms with Crippen molar-refractivity contribution in [2.75, 3.05) is 0 Å². The summed E-state index contributed by atoms with van der Waals surface area (Å²) in [4.78, 5) is 45.7. The van der Waals surface area contributed by atoms with Gasteiger partial charge in [-0.05, 0) is 101 Å². The molecule has 0 N–H and O–H groups in total. The van der Waals surface area contributed by atoms with Gasteiger partial charge in [-0.1, -0.05) is 30.3 Å². The van der Waals surface area contributed by atoms with E-state index in [1.165, 1.54) is 0 Å². The first-order valence-electron chi connectivity index (χ1n) is 16.1. The van der Waals surface area contributed by atoms with Gasteiger partial charge in [-0.15, -0.1) is 0 Å². The van der Waals surface area contributed by atoms with E-state index < -0.39 is 4.92 Å². The number of allylic oxidation sites excluding steroid dienone is 11. The van der Waals surface area contributed by atoms with Crippen molar-refractivity contribution >= 4 is 45.1 Å². The monoisotopic (exact) mass is 660 g/mol. The van der Waals surface area contributed by atoms with Crippen LogP contribution in [0.15, 0.2) is 195 Å². The molecule has 0 unspecified atom stereocenters. The number of benzene rings is 1. The van der Waals surface area contributed by atoms with Gasteiger partial charge in [0.05, 0.1) is 39.1 Å². The molecular formula is C41H24N8O2. The van der Waals surface area contributed by atoms with E-state index >= 15 is 0 Å². The van der Waals surface area contributed by atoms with Gasteiger partial charge in [-0.25, -0.2) is 20.0 Å². The number of pyridine rings is 3. The fourth-order valence-electron chi connectivity index (χ4n) is 6.62. The Morgan fingerprint density at radius 1 is 0.451 bits per heavy atom. The number of hydrogen-bond donors (Lipinski definition) is 0. The summed E-state index contributed by atoms with van der Waals surface area (Å²) in [6.07, 6.45) is 23.5. The van der Waals surface area contributed by atoms with Crippen LogP contribution in [0.1, 0.15) is 22.3 Å². The summed E-state index contributed by atoms with van der Waals surface area (Å²) in [5, 5.41) is 13.1. The predicted octanol–water partition coefficient (Wildman–Crippen LogP) is 7.48. The third kappa shape index (κ3) is 5.28.